The number of thioether (sulfide) groups is 2. The second kappa shape index (κ2) is 11.3. The molecule has 0 radical (unpaired) electrons. The first-order valence-corrected chi connectivity index (χ1v) is 12.4. The summed E-state index contributed by atoms with van der Waals surface area (Å²) in [6.07, 6.45) is 0. The van der Waals surface area contributed by atoms with Crippen LogP contribution in [0.3, 0.4) is 0 Å². The van der Waals surface area contributed by atoms with E-state index in [0.717, 1.165) is 16.4 Å². The lowest BCUT2D eigenvalue weighted by Crippen LogP contribution is -2.15. The Bertz CT molecular complexity index is 1220. The fourth-order valence-corrected chi connectivity index (χ4v) is 4.86. The number of carbonyl (C=O) groups excluding carboxylic acids is 1. The Morgan fingerprint density at radius 2 is 1.73 bits per heavy atom. The van der Waals surface area contributed by atoms with Crippen LogP contribution in [0, 0.1) is 0 Å². The van der Waals surface area contributed by atoms with Gasteiger partial charge in [-0.1, -0.05) is 59.8 Å². The van der Waals surface area contributed by atoms with E-state index in [1.54, 1.807) is 37.1 Å². The number of aromatic nitrogens is 3. The number of amides is 1. The zero-order valence-corrected chi connectivity index (χ0v) is 20.2. The predicted octanol–water partition coefficient (Wildman–Crippen LogP) is 5.95. The molecule has 33 heavy (non-hydrogen) atoms. The van der Waals surface area contributed by atoms with Crippen LogP contribution < -0.4 is 10.1 Å². The summed E-state index contributed by atoms with van der Waals surface area (Å²) in [5.41, 5.74) is 1.48. The smallest absolute Gasteiger partial charge is 0.234 e. The van der Waals surface area contributed by atoms with Crippen molar-refractivity contribution in [1.82, 2.24) is 14.8 Å². The molecule has 0 aliphatic rings. The van der Waals surface area contributed by atoms with Gasteiger partial charge in [-0.3, -0.25) is 9.36 Å². The Balaban J connectivity index is 1.49. The molecule has 9 heteroatoms. The molecular formula is C24H21ClN4O2S2. The van der Waals surface area contributed by atoms with Crippen molar-refractivity contribution in [3.63, 3.8) is 0 Å². The standard InChI is InChI=1S/C24H21ClN4O2S2/c1-31-21-13-12-17(25)14-20(21)26-23(30)16-33-24-28-27-22(15-32-19-10-6-3-7-11-19)29(24)18-8-4-2-5-9-18/h2-14H,15-16H2,1H3,(H,26,30). The Morgan fingerprint density at radius 3 is 2.45 bits per heavy atom. The first-order chi connectivity index (χ1) is 16.1. The normalized spacial score (nSPS) is 10.7. The predicted molar refractivity (Wildman–Crippen MR) is 135 cm³/mol. The maximum atomic E-state index is 12.6. The number of carbonyl (C=O) groups is 1. The van der Waals surface area contributed by atoms with Gasteiger partial charge in [0.15, 0.2) is 5.16 Å². The van der Waals surface area contributed by atoms with Crippen LogP contribution in [0.15, 0.2) is 88.9 Å². The molecule has 0 aliphatic carbocycles. The fraction of sp³-hybridized carbons (Fsp3) is 0.125. The van der Waals surface area contributed by atoms with Crippen LogP contribution in [-0.4, -0.2) is 33.5 Å². The number of hydrogen-bond donors (Lipinski definition) is 1. The highest BCUT2D eigenvalue weighted by atomic mass is 35.5. The van der Waals surface area contributed by atoms with E-state index in [9.17, 15) is 4.79 Å². The third-order valence-electron chi connectivity index (χ3n) is 4.59. The molecule has 3 aromatic carbocycles. The summed E-state index contributed by atoms with van der Waals surface area (Å²) in [4.78, 5) is 13.8. The molecule has 0 unspecified atom stereocenters. The molecule has 1 N–H and O–H groups in total. The minimum Gasteiger partial charge on any atom is -0.495 e. The quantitative estimate of drug-likeness (QED) is 0.289. The molecule has 4 rings (SSSR count). The van der Waals surface area contributed by atoms with Crippen LogP contribution in [0.5, 0.6) is 5.75 Å². The van der Waals surface area contributed by atoms with Crippen LogP contribution in [0.1, 0.15) is 5.82 Å². The molecule has 0 fully saturated rings. The zero-order valence-electron chi connectivity index (χ0n) is 17.8. The van der Waals surface area contributed by atoms with Gasteiger partial charge in [0.2, 0.25) is 5.91 Å². The molecule has 1 aromatic heterocycles. The average molecular weight is 497 g/mol. The van der Waals surface area contributed by atoms with E-state index >= 15 is 0 Å². The number of anilines is 1. The number of methoxy groups -OCH3 is 1. The topological polar surface area (TPSA) is 69.0 Å². The summed E-state index contributed by atoms with van der Waals surface area (Å²) < 4.78 is 7.29. The number of hydrogen-bond acceptors (Lipinski definition) is 6. The number of benzene rings is 3. The van der Waals surface area contributed by atoms with Crippen LogP contribution in [0.4, 0.5) is 5.69 Å². The van der Waals surface area contributed by atoms with E-state index in [1.165, 1.54) is 11.8 Å². The number of nitrogens with zero attached hydrogens (tertiary/aromatic N) is 3. The summed E-state index contributed by atoms with van der Waals surface area (Å²) in [6.45, 7) is 0. The summed E-state index contributed by atoms with van der Waals surface area (Å²) in [5.74, 6) is 1.98. The number of halogens is 1. The van der Waals surface area contributed by atoms with Crippen LogP contribution in [0.2, 0.25) is 5.02 Å². The number of ether oxygens (including phenoxy) is 1. The highest BCUT2D eigenvalue weighted by molar-refractivity contribution is 7.99. The number of nitrogens with one attached hydrogen (secondary N) is 1. The van der Waals surface area contributed by atoms with Crippen molar-refractivity contribution in [3.8, 4) is 11.4 Å². The van der Waals surface area contributed by atoms with Crippen LogP contribution in [-0.2, 0) is 10.5 Å². The highest BCUT2D eigenvalue weighted by Gasteiger charge is 2.17. The molecule has 0 bridgehead atoms. The second-order valence-electron chi connectivity index (χ2n) is 6.85. The SMILES string of the molecule is COc1ccc(Cl)cc1NC(=O)CSc1nnc(CSc2ccccc2)n1-c1ccccc1. The molecule has 6 nitrogen and oxygen atoms in total. The monoisotopic (exact) mass is 496 g/mol. The van der Waals surface area contributed by atoms with Gasteiger partial charge in [0.05, 0.1) is 24.3 Å². The molecule has 0 atom stereocenters. The highest BCUT2D eigenvalue weighted by Crippen LogP contribution is 2.29. The van der Waals surface area contributed by atoms with Crippen LogP contribution >= 0.6 is 35.1 Å². The Kier molecular flexibility index (Phi) is 7.93. The van der Waals surface area contributed by atoms with Crippen molar-refractivity contribution >= 4 is 46.7 Å². The van der Waals surface area contributed by atoms with E-state index in [2.05, 4.69) is 27.6 Å². The van der Waals surface area contributed by atoms with E-state index in [4.69, 9.17) is 16.3 Å². The lowest BCUT2D eigenvalue weighted by Gasteiger charge is -2.12. The zero-order chi connectivity index (χ0) is 23.0. The molecule has 4 aromatic rings. The van der Waals surface area contributed by atoms with Gasteiger partial charge in [-0.15, -0.1) is 22.0 Å². The third kappa shape index (κ3) is 6.10. The molecule has 0 spiro atoms. The van der Waals surface area contributed by atoms with Crippen molar-refractivity contribution in [2.24, 2.45) is 0 Å². The van der Waals surface area contributed by atoms with Gasteiger partial charge in [-0.2, -0.15) is 0 Å². The van der Waals surface area contributed by atoms with Gasteiger partial charge in [0.25, 0.3) is 0 Å². The summed E-state index contributed by atoms with van der Waals surface area (Å²) in [6, 6.07) is 25.1. The van der Waals surface area contributed by atoms with Gasteiger partial charge >= 0.3 is 0 Å². The molecule has 1 amide bonds. The molecule has 0 saturated carbocycles. The van der Waals surface area contributed by atoms with Crippen molar-refractivity contribution in [1.29, 1.82) is 0 Å². The first kappa shape index (κ1) is 23.2. The number of para-hydroxylation sites is 1. The lowest BCUT2D eigenvalue weighted by molar-refractivity contribution is -0.113. The molecule has 0 aliphatic heterocycles. The maximum Gasteiger partial charge on any atom is 0.234 e. The minimum absolute atomic E-state index is 0.159. The molecule has 168 valence electrons. The maximum absolute atomic E-state index is 12.6. The minimum atomic E-state index is -0.191. The van der Waals surface area contributed by atoms with Crippen molar-refractivity contribution < 1.29 is 9.53 Å². The van der Waals surface area contributed by atoms with E-state index in [1.807, 2.05) is 53.1 Å². The average Bonchev–Trinajstić information content (AvgIpc) is 3.25. The fourth-order valence-electron chi connectivity index (χ4n) is 3.08. The van der Waals surface area contributed by atoms with E-state index < -0.39 is 0 Å². The molecule has 1 heterocycles. The Hall–Kier alpha value is -2.94. The Labute approximate surface area is 205 Å². The van der Waals surface area contributed by atoms with Crippen LogP contribution in [0.25, 0.3) is 5.69 Å². The van der Waals surface area contributed by atoms with Gasteiger partial charge in [0.1, 0.15) is 11.6 Å². The van der Waals surface area contributed by atoms with E-state index in [-0.39, 0.29) is 11.7 Å². The Morgan fingerprint density at radius 1 is 1.00 bits per heavy atom. The van der Waals surface area contributed by atoms with Gasteiger partial charge in [-0.25, -0.2) is 0 Å². The summed E-state index contributed by atoms with van der Waals surface area (Å²) in [5, 5.41) is 12.8. The largest absolute Gasteiger partial charge is 0.495 e. The lowest BCUT2D eigenvalue weighted by atomic mass is 10.3. The summed E-state index contributed by atoms with van der Waals surface area (Å²) in [7, 11) is 1.55. The van der Waals surface area contributed by atoms with Crippen molar-refractivity contribution in [2.75, 3.05) is 18.2 Å². The second-order valence-corrected chi connectivity index (χ2v) is 9.28. The van der Waals surface area contributed by atoms with Crippen molar-refractivity contribution in [3.05, 3.63) is 89.7 Å². The van der Waals surface area contributed by atoms with Gasteiger partial charge in [-0.05, 0) is 42.5 Å². The summed E-state index contributed by atoms with van der Waals surface area (Å²) >= 11 is 9.07. The molecule has 0 saturated heterocycles. The van der Waals surface area contributed by atoms with Gasteiger partial charge in [0, 0.05) is 15.6 Å². The first-order valence-electron chi connectivity index (χ1n) is 10.1. The van der Waals surface area contributed by atoms with E-state index in [0.29, 0.717) is 27.4 Å². The number of rotatable bonds is 9. The van der Waals surface area contributed by atoms with Crippen molar-refractivity contribution in [2.45, 2.75) is 15.8 Å². The molecular weight excluding hydrogens is 476 g/mol. The van der Waals surface area contributed by atoms with Gasteiger partial charge < -0.3 is 10.1 Å². The third-order valence-corrected chi connectivity index (χ3v) is 6.77.